The molecule has 1 aromatic carbocycles. The zero-order valence-electron chi connectivity index (χ0n) is 16.0. The third-order valence-electron chi connectivity index (χ3n) is 4.28. The summed E-state index contributed by atoms with van der Waals surface area (Å²) >= 11 is 6.39. The second-order valence-electron chi connectivity index (χ2n) is 6.12. The first-order chi connectivity index (χ1) is 13.5. The number of Topliss-reactive ketones (excluding diaryl/α,β-unsaturated/α-hetero) is 1. The van der Waals surface area contributed by atoms with Gasteiger partial charge in [0.25, 0.3) is 0 Å². The number of hydrogen-bond acceptors (Lipinski definition) is 6. The standard InChI is InChI=1S/C21H22ClNO5/c1-4-11-28-12-16-20(17(25)9-10-24)19(14-7-5-6-8-15(14)22)18(13(2)23-16)21(26)27-3/h5-8,19,23-24H,4,11-12H2,1-3H3. The molecule has 0 saturated carbocycles. The minimum atomic E-state index is -0.809. The summed E-state index contributed by atoms with van der Waals surface area (Å²) in [5, 5.41) is 12.4. The lowest BCUT2D eigenvalue weighted by molar-refractivity contribution is -0.136. The van der Waals surface area contributed by atoms with Crippen LogP contribution in [0.2, 0.25) is 5.02 Å². The lowest BCUT2D eigenvalue weighted by Crippen LogP contribution is -2.34. The second kappa shape index (κ2) is 9.98. The molecule has 0 saturated heterocycles. The van der Waals surface area contributed by atoms with Crippen LogP contribution in [0.5, 0.6) is 0 Å². The van der Waals surface area contributed by atoms with Crippen LogP contribution in [-0.2, 0) is 19.1 Å². The first-order valence-electron chi connectivity index (χ1n) is 8.76. The van der Waals surface area contributed by atoms with Crippen molar-refractivity contribution in [2.24, 2.45) is 0 Å². The van der Waals surface area contributed by atoms with Gasteiger partial charge in [-0.3, -0.25) is 4.79 Å². The van der Waals surface area contributed by atoms with Crippen LogP contribution in [0.3, 0.4) is 0 Å². The fraction of sp³-hybridized carbons (Fsp3) is 0.333. The Kier molecular flexibility index (Phi) is 7.68. The van der Waals surface area contributed by atoms with Crippen LogP contribution in [0, 0.1) is 12.0 Å². The van der Waals surface area contributed by atoms with Gasteiger partial charge >= 0.3 is 5.97 Å². The highest BCUT2D eigenvalue weighted by Crippen LogP contribution is 2.41. The van der Waals surface area contributed by atoms with E-state index in [9.17, 15) is 9.59 Å². The highest BCUT2D eigenvalue weighted by molar-refractivity contribution is 6.31. The Labute approximate surface area is 169 Å². The van der Waals surface area contributed by atoms with E-state index in [0.717, 1.165) is 6.42 Å². The molecular weight excluding hydrogens is 382 g/mol. The highest BCUT2D eigenvalue weighted by atomic mass is 35.5. The van der Waals surface area contributed by atoms with Gasteiger partial charge in [-0.1, -0.05) is 36.7 Å². The van der Waals surface area contributed by atoms with Gasteiger partial charge in [0.2, 0.25) is 5.78 Å². The number of carbonyl (C=O) groups excluding carboxylic acids is 2. The molecule has 1 aromatic rings. The number of allylic oxidation sites excluding steroid dienone is 2. The normalized spacial score (nSPS) is 16.2. The van der Waals surface area contributed by atoms with Gasteiger partial charge in [-0.15, -0.1) is 0 Å². The van der Waals surface area contributed by atoms with E-state index in [0.29, 0.717) is 28.6 Å². The average molecular weight is 404 g/mol. The van der Waals surface area contributed by atoms with Crippen LogP contribution in [0.25, 0.3) is 0 Å². The summed E-state index contributed by atoms with van der Waals surface area (Å²) < 4.78 is 10.6. The SMILES string of the molecule is CCCOCC1=C(C(=O)C#CO)C(c2ccccc2Cl)C(C(=O)OC)=C(C)N1. The van der Waals surface area contributed by atoms with Crippen molar-refractivity contribution in [3.05, 3.63) is 57.4 Å². The predicted molar refractivity (Wildman–Crippen MR) is 105 cm³/mol. The number of benzene rings is 1. The van der Waals surface area contributed by atoms with Crippen LogP contribution in [0.15, 0.2) is 46.8 Å². The molecule has 1 aliphatic heterocycles. The maximum atomic E-state index is 12.8. The Morgan fingerprint density at radius 2 is 2.00 bits per heavy atom. The quantitative estimate of drug-likeness (QED) is 0.413. The molecule has 28 heavy (non-hydrogen) atoms. The van der Waals surface area contributed by atoms with Crippen molar-refractivity contribution in [3.63, 3.8) is 0 Å². The molecule has 0 radical (unpaired) electrons. The summed E-state index contributed by atoms with van der Waals surface area (Å²) in [6, 6.07) is 6.93. The molecule has 0 bridgehead atoms. The number of aliphatic hydroxyl groups excluding tert-OH is 1. The van der Waals surface area contributed by atoms with E-state index in [4.69, 9.17) is 26.2 Å². The van der Waals surface area contributed by atoms with E-state index in [1.165, 1.54) is 7.11 Å². The summed E-state index contributed by atoms with van der Waals surface area (Å²) in [6.45, 7) is 4.31. The summed E-state index contributed by atoms with van der Waals surface area (Å²) in [5.41, 5.74) is 1.99. The molecule has 2 N–H and O–H groups in total. The number of esters is 1. The van der Waals surface area contributed by atoms with Gasteiger partial charge in [-0.05, 0) is 25.0 Å². The molecular formula is C21H22ClNO5. The number of aliphatic hydroxyl groups is 1. The molecule has 6 nitrogen and oxygen atoms in total. The first kappa shape index (κ1) is 21.5. The number of ether oxygens (including phenoxy) is 2. The lowest BCUT2D eigenvalue weighted by Gasteiger charge is -2.31. The van der Waals surface area contributed by atoms with Crippen molar-refractivity contribution in [1.29, 1.82) is 0 Å². The number of carbonyl (C=O) groups is 2. The predicted octanol–water partition coefficient (Wildman–Crippen LogP) is 3.06. The molecule has 148 valence electrons. The van der Waals surface area contributed by atoms with Crippen LogP contribution in [0.1, 0.15) is 31.7 Å². The number of halogens is 1. The summed E-state index contributed by atoms with van der Waals surface area (Å²) in [7, 11) is 1.27. The van der Waals surface area contributed by atoms with E-state index < -0.39 is 17.7 Å². The van der Waals surface area contributed by atoms with Crippen molar-refractivity contribution >= 4 is 23.4 Å². The lowest BCUT2D eigenvalue weighted by atomic mass is 9.78. The molecule has 0 aromatic heterocycles. The Morgan fingerprint density at radius 1 is 1.29 bits per heavy atom. The number of hydrogen-bond donors (Lipinski definition) is 2. The molecule has 1 heterocycles. The van der Waals surface area contributed by atoms with Crippen molar-refractivity contribution in [3.8, 4) is 12.0 Å². The van der Waals surface area contributed by atoms with E-state index in [1.54, 1.807) is 37.3 Å². The summed E-state index contributed by atoms with van der Waals surface area (Å²) in [4.78, 5) is 25.3. The van der Waals surface area contributed by atoms with Gasteiger partial charge in [0.15, 0.2) is 0 Å². The highest BCUT2D eigenvalue weighted by Gasteiger charge is 2.38. The fourth-order valence-electron chi connectivity index (χ4n) is 3.12. The van der Waals surface area contributed by atoms with Crippen molar-refractivity contribution in [1.82, 2.24) is 5.32 Å². The molecule has 0 amide bonds. The Bertz CT molecular complexity index is 892. The molecule has 2 rings (SSSR count). The Balaban J connectivity index is 2.72. The van der Waals surface area contributed by atoms with E-state index in [-0.39, 0.29) is 17.8 Å². The molecule has 1 unspecified atom stereocenters. The smallest absolute Gasteiger partial charge is 0.336 e. The maximum absolute atomic E-state index is 12.8. The third-order valence-corrected chi connectivity index (χ3v) is 4.62. The van der Waals surface area contributed by atoms with Crippen LogP contribution in [0.4, 0.5) is 0 Å². The largest absolute Gasteiger partial charge is 0.466 e. The van der Waals surface area contributed by atoms with Crippen LogP contribution < -0.4 is 5.32 Å². The molecule has 1 aliphatic rings. The Morgan fingerprint density at radius 3 is 2.61 bits per heavy atom. The summed E-state index contributed by atoms with van der Waals surface area (Å²) in [6.07, 6.45) is 2.45. The third kappa shape index (κ3) is 4.56. The summed E-state index contributed by atoms with van der Waals surface area (Å²) in [5.74, 6) is 0.106. The van der Waals surface area contributed by atoms with Crippen LogP contribution >= 0.6 is 11.6 Å². The number of rotatable bonds is 7. The van der Waals surface area contributed by atoms with Gasteiger partial charge in [-0.25, -0.2) is 4.79 Å². The van der Waals surface area contributed by atoms with Crippen molar-refractivity contribution < 1.29 is 24.2 Å². The molecule has 0 fully saturated rings. The number of nitrogens with one attached hydrogen (secondary N) is 1. The first-order valence-corrected chi connectivity index (χ1v) is 9.14. The second-order valence-corrected chi connectivity index (χ2v) is 6.53. The Hall–Kier alpha value is -2.75. The zero-order valence-corrected chi connectivity index (χ0v) is 16.7. The van der Waals surface area contributed by atoms with Gasteiger partial charge in [-0.2, -0.15) is 0 Å². The van der Waals surface area contributed by atoms with Gasteiger partial charge in [0.1, 0.15) is 6.11 Å². The van der Waals surface area contributed by atoms with E-state index in [2.05, 4.69) is 11.2 Å². The van der Waals surface area contributed by atoms with Crippen LogP contribution in [-0.4, -0.2) is 37.2 Å². The van der Waals surface area contributed by atoms with E-state index in [1.807, 2.05) is 6.92 Å². The molecule has 0 aliphatic carbocycles. The maximum Gasteiger partial charge on any atom is 0.336 e. The van der Waals surface area contributed by atoms with E-state index >= 15 is 0 Å². The number of ketones is 1. The van der Waals surface area contributed by atoms with Gasteiger partial charge in [0, 0.05) is 34.5 Å². The molecule has 0 spiro atoms. The van der Waals surface area contributed by atoms with Gasteiger partial charge < -0.3 is 19.9 Å². The topological polar surface area (TPSA) is 84.9 Å². The fourth-order valence-corrected chi connectivity index (χ4v) is 3.36. The monoisotopic (exact) mass is 403 g/mol. The van der Waals surface area contributed by atoms with Crippen molar-refractivity contribution in [2.45, 2.75) is 26.2 Å². The minimum absolute atomic E-state index is 0.120. The minimum Gasteiger partial charge on any atom is -0.466 e. The van der Waals surface area contributed by atoms with Crippen molar-refractivity contribution in [2.75, 3.05) is 20.3 Å². The average Bonchev–Trinajstić information content (AvgIpc) is 2.67. The zero-order chi connectivity index (χ0) is 20.7. The molecule has 1 atom stereocenters. The van der Waals surface area contributed by atoms with Gasteiger partial charge in [0.05, 0.1) is 25.2 Å². The molecule has 7 heteroatoms. The number of methoxy groups -OCH3 is 1. The number of dihydropyridines is 1.